The Balaban J connectivity index is 1.79. The number of H-pyrrole nitrogens is 4. The van der Waals surface area contributed by atoms with Gasteiger partial charge in [-0.25, -0.2) is 0 Å². The molecular formula is C25H21N5O5. The summed E-state index contributed by atoms with van der Waals surface area (Å²) in [6.45, 7) is 3.89. The highest BCUT2D eigenvalue weighted by molar-refractivity contribution is 5.70. The maximum absolute atomic E-state index is 13.1. The van der Waals surface area contributed by atoms with Crippen LogP contribution in [-0.4, -0.2) is 25.3 Å². The van der Waals surface area contributed by atoms with E-state index in [9.17, 15) is 19.7 Å². The van der Waals surface area contributed by atoms with Crippen molar-refractivity contribution in [3.63, 3.8) is 0 Å². The zero-order chi connectivity index (χ0) is 24.7. The molecule has 0 aliphatic rings. The molecule has 0 aliphatic carbocycles. The molecule has 176 valence electrons. The van der Waals surface area contributed by atoms with Crippen molar-refractivity contribution < 1.29 is 9.34 Å². The van der Waals surface area contributed by atoms with Crippen molar-refractivity contribution >= 4 is 5.88 Å². The van der Waals surface area contributed by atoms with Gasteiger partial charge in [-0.2, -0.15) is 0 Å². The number of nitrogens with zero attached hydrogens (tertiary/aromatic N) is 1. The molecule has 0 saturated heterocycles. The van der Waals surface area contributed by atoms with Gasteiger partial charge in [-0.05, 0) is 31.0 Å². The number of nitro groups is 1. The van der Waals surface area contributed by atoms with Crippen LogP contribution in [0.5, 0.6) is 0 Å². The number of nitrogens with one attached hydrogen (secondary N) is 4. The SMILES string of the molecule is Cc1ccc(-c2[nH][nH]c(=O)c2C(c2ccc([N+](=O)[O-])o2)c2c(-c3ccc(C)cc3)[nH][nH]c2=O)cc1. The quantitative estimate of drug-likeness (QED) is 0.214. The molecule has 5 aromatic rings. The highest BCUT2D eigenvalue weighted by atomic mass is 16.6. The first-order valence-corrected chi connectivity index (χ1v) is 10.8. The molecule has 0 aliphatic heterocycles. The molecule has 3 aromatic heterocycles. The summed E-state index contributed by atoms with van der Waals surface area (Å²) in [5.74, 6) is -1.44. The number of furan rings is 1. The van der Waals surface area contributed by atoms with Crippen molar-refractivity contribution in [3.8, 4) is 22.5 Å². The molecule has 0 fully saturated rings. The van der Waals surface area contributed by atoms with Gasteiger partial charge in [0, 0.05) is 0 Å². The van der Waals surface area contributed by atoms with Crippen LogP contribution in [-0.2, 0) is 0 Å². The van der Waals surface area contributed by atoms with Gasteiger partial charge in [0.05, 0.1) is 34.5 Å². The van der Waals surface area contributed by atoms with Gasteiger partial charge < -0.3 is 4.42 Å². The number of hydrogen-bond acceptors (Lipinski definition) is 5. The lowest BCUT2D eigenvalue weighted by Gasteiger charge is -2.15. The second-order valence-electron chi connectivity index (χ2n) is 8.33. The average Bonchev–Trinajstić information content (AvgIpc) is 3.56. The first-order valence-electron chi connectivity index (χ1n) is 10.8. The van der Waals surface area contributed by atoms with Crippen molar-refractivity contribution in [2.75, 3.05) is 0 Å². The van der Waals surface area contributed by atoms with E-state index in [-0.39, 0.29) is 16.9 Å². The lowest BCUT2D eigenvalue weighted by Crippen LogP contribution is -2.19. The van der Waals surface area contributed by atoms with Gasteiger partial charge in [-0.3, -0.25) is 40.1 Å². The molecule has 0 bridgehead atoms. The van der Waals surface area contributed by atoms with E-state index in [2.05, 4.69) is 20.4 Å². The number of rotatable bonds is 6. The molecule has 0 unspecified atom stereocenters. The van der Waals surface area contributed by atoms with E-state index < -0.39 is 27.8 Å². The van der Waals surface area contributed by atoms with Gasteiger partial charge in [0.1, 0.15) is 10.7 Å². The van der Waals surface area contributed by atoms with Crippen LogP contribution in [0.4, 0.5) is 5.88 Å². The van der Waals surface area contributed by atoms with Crippen LogP contribution in [0, 0.1) is 24.0 Å². The van der Waals surface area contributed by atoms with Crippen molar-refractivity contribution in [2.24, 2.45) is 0 Å². The lowest BCUT2D eigenvalue weighted by molar-refractivity contribution is -0.402. The van der Waals surface area contributed by atoms with E-state index in [0.717, 1.165) is 11.1 Å². The average molecular weight is 471 g/mol. The fraction of sp³-hybridized carbons (Fsp3) is 0.120. The predicted octanol–water partition coefficient (Wildman–Crippen LogP) is 4.35. The van der Waals surface area contributed by atoms with Crippen molar-refractivity contribution in [1.82, 2.24) is 20.4 Å². The van der Waals surface area contributed by atoms with E-state index in [0.29, 0.717) is 22.5 Å². The summed E-state index contributed by atoms with van der Waals surface area (Å²) in [6.07, 6.45) is 0. The Labute approximate surface area is 197 Å². The van der Waals surface area contributed by atoms with Gasteiger partial charge in [0.2, 0.25) is 0 Å². The molecular weight excluding hydrogens is 450 g/mol. The van der Waals surface area contributed by atoms with Crippen LogP contribution in [0.2, 0.25) is 0 Å². The van der Waals surface area contributed by atoms with E-state index >= 15 is 0 Å². The monoisotopic (exact) mass is 471 g/mol. The van der Waals surface area contributed by atoms with Gasteiger partial charge in [-0.15, -0.1) is 0 Å². The minimum atomic E-state index is -1.04. The predicted molar refractivity (Wildman–Crippen MR) is 129 cm³/mol. The van der Waals surface area contributed by atoms with Crippen LogP contribution in [0.15, 0.2) is 74.7 Å². The zero-order valence-electron chi connectivity index (χ0n) is 18.8. The first-order chi connectivity index (χ1) is 16.8. The summed E-state index contributed by atoms with van der Waals surface area (Å²) in [7, 11) is 0. The highest BCUT2D eigenvalue weighted by Crippen LogP contribution is 2.39. The van der Waals surface area contributed by atoms with Crippen LogP contribution >= 0.6 is 0 Å². The Morgan fingerprint density at radius 3 is 1.57 bits per heavy atom. The van der Waals surface area contributed by atoms with Crippen molar-refractivity contribution in [2.45, 2.75) is 19.8 Å². The van der Waals surface area contributed by atoms with E-state index in [1.54, 1.807) is 0 Å². The molecule has 5 rings (SSSR count). The van der Waals surface area contributed by atoms with Crippen LogP contribution in [0.3, 0.4) is 0 Å². The van der Waals surface area contributed by atoms with Gasteiger partial charge >= 0.3 is 5.88 Å². The molecule has 0 spiro atoms. The van der Waals surface area contributed by atoms with Crippen LogP contribution in [0.25, 0.3) is 22.5 Å². The van der Waals surface area contributed by atoms with Crippen molar-refractivity contribution in [3.05, 3.63) is 119 Å². The summed E-state index contributed by atoms with van der Waals surface area (Å²) in [6, 6.07) is 17.6. The summed E-state index contributed by atoms with van der Waals surface area (Å²) in [5.41, 5.74) is 3.86. The minimum Gasteiger partial charge on any atom is -0.405 e. The van der Waals surface area contributed by atoms with Crippen LogP contribution < -0.4 is 11.1 Å². The first kappa shape index (κ1) is 22.0. The number of aromatic amines is 4. The molecule has 0 atom stereocenters. The molecule has 0 radical (unpaired) electrons. The fourth-order valence-corrected chi connectivity index (χ4v) is 4.21. The second kappa shape index (κ2) is 8.49. The fourth-order valence-electron chi connectivity index (χ4n) is 4.21. The van der Waals surface area contributed by atoms with Gasteiger partial charge in [0.15, 0.2) is 0 Å². The molecule has 0 amide bonds. The molecule has 4 N–H and O–H groups in total. The number of aromatic nitrogens is 4. The third kappa shape index (κ3) is 3.90. The summed E-state index contributed by atoms with van der Waals surface area (Å²) >= 11 is 0. The van der Waals surface area contributed by atoms with Crippen LogP contribution in [0.1, 0.15) is 33.9 Å². The normalized spacial score (nSPS) is 11.3. The maximum Gasteiger partial charge on any atom is 0.433 e. The topological polar surface area (TPSA) is 154 Å². The van der Waals surface area contributed by atoms with Gasteiger partial charge in [-0.1, -0.05) is 59.7 Å². The Kier molecular flexibility index (Phi) is 5.33. The number of benzene rings is 2. The highest BCUT2D eigenvalue weighted by Gasteiger charge is 2.34. The summed E-state index contributed by atoms with van der Waals surface area (Å²) in [5, 5.41) is 22.4. The van der Waals surface area contributed by atoms with Crippen molar-refractivity contribution in [1.29, 1.82) is 0 Å². The molecule has 10 nitrogen and oxygen atoms in total. The number of aryl methyl sites for hydroxylation is 2. The smallest absolute Gasteiger partial charge is 0.405 e. The largest absolute Gasteiger partial charge is 0.433 e. The van der Waals surface area contributed by atoms with E-state index in [1.165, 1.54) is 12.1 Å². The van der Waals surface area contributed by atoms with E-state index in [1.807, 2.05) is 62.4 Å². The molecule has 3 heterocycles. The third-order valence-corrected chi connectivity index (χ3v) is 5.96. The molecule has 10 heteroatoms. The molecule has 35 heavy (non-hydrogen) atoms. The Morgan fingerprint density at radius 1 is 0.714 bits per heavy atom. The minimum absolute atomic E-state index is 0.0913. The Hall–Kier alpha value is -4.86. The van der Waals surface area contributed by atoms with Gasteiger partial charge in [0.25, 0.3) is 11.1 Å². The zero-order valence-corrected chi connectivity index (χ0v) is 18.8. The van der Waals surface area contributed by atoms with E-state index in [4.69, 9.17) is 4.42 Å². The maximum atomic E-state index is 13.1. The molecule has 2 aromatic carbocycles. The summed E-state index contributed by atoms with van der Waals surface area (Å²) < 4.78 is 5.55. The standard InChI is InChI=1S/C25H21N5O5/c1-13-3-7-15(8-4-13)22-20(24(31)28-26-22)19(17-11-12-18(35-17)30(33)34)21-23(27-29-25(21)32)16-9-5-14(2)6-10-16/h3-12,19H,1-2H3,(H2,26,28,31)(H2,27,29,32). The lowest BCUT2D eigenvalue weighted by atomic mass is 9.86. The molecule has 0 saturated carbocycles. The second-order valence-corrected chi connectivity index (χ2v) is 8.33. The third-order valence-electron chi connectivity index (χ3n) is 5.96. The Bertz CT molecular complexity index is 1530. The summed E-state index contributed by atoms with van der Waals surface area (Å²) in [4.78, 5) is 37.0. The number of hydrogen-bond donors (Lipinski definition) is 4. The Morgan fingerprint density at radius 2 is 1.17 bits per heavy atom.